The lowest BCUT2D eigenvalue weighted by Crippen LogP contribution is -2.31. The first-order chi connectivity index (χ1) is 10.7. The highest BCUT2D eigenvalue weighted by molar-refractivity contribution is 7.99. The molecule has 1 atom stereocenters. The van der Waals surface area contributed by atoms with Crippen molar-refractivity contribution in [2.75, 3.05) is 26.0 Å². The minimum atomic E-state index is -0.0990. The molecule has 1 aromatic rings. The SMILES string of the molecule is CCCc1cc(=O)n2c(n1)SCC2CC(=O)NCCCOC. The number of nitrogens with zero attached hydrogens (tertiary/aromatic N) is 2. The van der Waals surface area contributed by atoms with Gasteiger partial charge in [-0.2, -0.15) is 0 Å². The average molecular weight is 325 g/mol. The van der Waals surface area contributed by atoms with Crippen molar-refractivity contribution in [1.29, 1.82) is 0 Å². The standard InChI is InChI=1S/C15H23N3O3S/c1-3-5-11-8-14(20)18-12(10-22-15(18)17-11)9-13(19)16-6-4-7-21-2/h8,12H,3-7,9-10H2,1-2H3,(H,16,19). The van der Waals surface area contributed by atoms with Crippen LogP contribution in [-0.4, -0.2) is 41.5 Å². The van der Waals surface area contributed by atoms with Crippen LogP contribution in [0.15, 0.2) is 16.0 Å². The van der Waals surface area contributed by atoms with Crippen LogP contribution in [-0.2, 0) is 16.0 Å². The Bertz CT molecular complexity index is 574. The zero-order valence-corrected chi connectivity index (χ0v) is 13.9. The van der Waals surface area contributed by atoms with Crippen LogP contribution in [0.4, 0.5) is 0 Å². The maximum atomic E-state index is 12.3. The minimum absolute atomic E-state index is 0.0286. The molecule has 1 N–H and O–H groups in total. The Morgan fingerprint density at radius 2 is 2.41 bits per heavy atom. The molecule has 1 aliphatic heterocycles. The van der Waals surface area contributed by atoms with Crippen LogP contribution in [0.5, 0.6) is 0 Å². The lowest BCUT2D eigenvalue weighted by Gasteiger charge is -2.13. The maximum Gasteiger partial charge on any atom is 0.254 e. The number of hydrogen-bond donors (Lipinski definition) is 1. The molecule has 0 bridgehead atoms. The second-order valence-corrected chi connectivity index (χ2v) is 6.34. The van der Waals surface area contributed by atoms with Crippen LogP contribution in [0, 0.1) is 0 Å². The third-order valence-electron chi connectivity index (χ3n) is 3.52. The molecule has 1 aliphatic rings. The zero-order valence-electron chi connectivity index (χ0n) is 13.1. The molecular formula is C15H23N3O3S. The molecule has 1 unspecified atom stereocenters. The van der Waals surface area contributed by atoms with Gasteiger partial charge in [0.1, 0.15) is 0 Å². The Labute approximate surface area is 134 Å². The van der Waals surface area contributed by atoms with E-state index in [1.54, 1.807) is 29.5 Å². The van der Waals surface area contributed by atoms with E-state index in [1.807, 2.05) is 0 Å². The van der Waals surface area contributed by atoms with Crippen molar-refractivity contribution in [1.82, 2.24) is 14.9 Å². The molecule has 122 valence electrons. The third kappa shape index (κ3) is 4.33. The van der Waals surface area contributed by atoms with Gasteiger partial charge in [0.15, 0.2) is 5.16 Å². The van der Waals surface area contributed by atoms with E-state index in [9.17, 15) is 9.59 Å². The second kappa shape index (κ2) is 8.33. The second-order valence-electron chi connectivity index (χ2n) is 5.35. The molecule has 0 fully saturated rings. The summed E-state index contributed by atoms with van der Waals surface area (Å²) in [6, 6.07) is 1.50. The molecule has 2 rings (SSSR count). The number of hydrogen-bond acceptors (Lipinski definition) is 5. The Morgan fingerprint density at radius 3 is 3.14 bits per heavy atom. The first-order valence-electron chi connectivity index (χ1n) is 7.66. The third-order valence-corrected chi connectivity index (χ3v) is 4.62. The Kier molecular flexibility index (Phi) is 6.45. The van der Waals surface area contributed by atoms with Crippen LogP contribution in [0.3, 0.4) is 0 Å². The highest BCUT2D eigenvalue weighted by Gasteiger charge is 2.27. The molecule has 1 aromatic heterocycles. The summed E-state index contributed by atoms with van der Waals surface area (Å²) < 4.78 is 6.61. The monoisotopic (exact) mass is 325 g/mol. The van der Waals surface area contributed by atoms with E-state index in [-0.39, 0.29) is 17.5 Å². The van der Waals surface area contributed by atoms with E-state index in [4.69, 9.17) is 4.74 Å². The minimum Gasteiger partial charge on any atom is -0.385 e. The predicted octanol–water partition coefficient (Wildman–Crippen LogP) is 1.39. The van der Waals surface area contributed by atoms with Crippen molar-refractivity contribution in [3.8, 4) is 0 Å². The number of nitrogens with one attached hydrogen (secondary N) is 1. The number of ether oxygens (including phenoxy) is 1. The lowest BCUT2D eigenvalue weighted by atomic mass is 10.2. The zero-order chi connectivity index (χ0) is 15.9. The van der Waals surface area contributed by atoms with Gasteiger partial charge in [0.2, 0.25) is 5.91 Å². The number of fused-ring (bicyclic) bond motifs is 1. The van der Waals surface area contributed by atoms with Crippen LogP contribution in [0.1, 0.15) is 37.9 Å². The van der Waals surface area contributed by atoms with Crippen molar-refractivity contribution in [3.05, 3.63) is 22.1 Å². The number of carbonyl (C=O) groups is 1. The van der Waals surface area contributed by atoms with Crippen molar-refractivity contribution >= 4 is 17.7 Å². The van der Waals surface area contributed by atoms with Gasteiger partial charge in [-0.25, -0.2) is 4.98 Å². The molecule has 0 saturated heterocycles. The molecule has 22 heavy (non-hydrogen) atoms. The Hall–Kier alpha value is -1.34. The van der Waals surface area contributed by atoms with Crippen LogP contribution in [0.2, 0.25) is 0 Å². The summed E-state index contributed by atoms with van der Waals surface area (Å²) in [6.07, 6.45) is 2.89. The summed E-state index contributed by atoms with van der Waals surface area (Å²) in [5, 5.41) is 3.61. The van der Waals surface area contributed by atoms with Crippen molar-refractivity contribution in [2.24, 2.45) is 0 Å². The van der Waals surface area contributed by atoms with Crippen molar-refractivity contribution in [3.63, 3.8) is 0 Å². The smallest absolute Gasteiger partial charge is 0.254 e. The molecule has 7 heteroatoms. The molecule has 1 amide bonds. The molecule has 0 radical (unpaired) electrons. The summed E-state index contributed by atoms with van der Waals surface area (Å²) in [4.78, 5) is 28.7. The summed E-state index contributed by atoms with van der Waals surface area (Å²) >= 11 is 1.56. The number of rotatable bonds is 8. The topological polar surface area (TPSA) is 73.2 Å². The van der Waals surface area contributed by atoms with Crippen molar-refractivity contribution < 1.29 is 9.53 Å². The Morgan fingerprint density at radius 1 is 1.59 bits per heavy atom. The number of amides is 1. The first kappa shape index (κ1) is 17.0. The van der Waals surface area contributed by atoms with Crippen LogP contribution >= 0.6 is 11.8 Å². The molecule has 0 spiro atoms. The van der Waals surface area contributed by atoms with Gasteiger partial charge < -0.3 is 10.1 Å². The summed E-state index contributed by atoms with van der Waals surface area (Å²) in [5.41, 5.74) is 0.798. The van der Waals surface area contributed by atoms with Gasteiger partial charge in [0.05, 0.1) is 6.04 Å². The molecule has 0 aliphatic carbocycles. The van der Waals surface area contributed by atoms with Gasteiger partial charge in [-0.05, 0) is 12.8 Å². The summed E-state index contributed by atoms with van der Waals surface area (Å²) in [6.45, 7) is 3.30. The van der Waals surface area contributed by atoms with E-state index >= 15 is 0 Å². The first-order valence-corrected chi connectivity index (χ1v) is 8.65. The Balaban J connectivity index is 1.97. The van der Waals surface area contributed by atoms with E-state index in [2.05, 4.69) is 17.2 Å². The van der Waals surface area contributed by atoms with Crippen molar-refractivity contribution in [2.45, 2.75) is 43.8 Å². The fourth-order valence-electron chi connectivity index (χ4n) is 2.46. The van der Waals surface area contributed by atoms with Gasteiger partial charge in [-0.15, -0.1) is 0 Å². The fraction of sp³-hybridized carbons (Fsp3) is 0.667. The predicted molar refractivity (Wildman–Crippen MR) is 86.4 cm³/mol. The maximum absolute atomic E-state index is 12.3. The highest BCUT2D eigenvalue weighted by atomic mass is 32.2. The number of carbonyl (C=O) groups excluding carboxylic acids is 1. The normalized spacial score (nSPS) is 16.5. The van der Waals surface area contributed by atoms with E-state index in [1.165, 1.54) is 0 Å². The summed E-state index contributed by atoms with van der Waals surface area (Å²) in [7, 11) is 1.64. The number of aryl methyl sites for hydroxylation is 1. The van der Waals surface area contributed by atoms with E-state index in [0.717, 1.165) is 35.9 Å². The summed E-state index contributed by atoms with van der Waals surface area (Å²) in [5.74, 6) is 0.697. The molecule has 6 nitrogen and oxygen atoms in total. The van der Waals surface area contributed by atoms with E-state index in [0.29, 0.717) is 19.6 Å². The number of thioether (sulfide) groups is 1. The lowest BCUT2D eigenvalue weighted by molar-refractivity contribution is -0.121. The number of methoxy groups -OCH3 is 1. The highest BCUT2D eigenvalue weighted by Crippen LogP contribution is 2.31. The largest absolute Gasteiger partial charge is 0.385 e. The van der Waals surface area contributed by atoms with Crippen LogP contribution in [0.25, 0.3) is 0 Å². The fourth-order valence-corrected chi connectivity index (χ4v) is 3.63. The molecule has 0 aromatic carbocycles. The van der Waals surface area contributed by atoms with Gasteiger partial charge >= 0.3 is 0 Å². The average Bonchev–Trinajstić information content (AvgIpc) is 2.87. The van der Waals surface area contributed by atoms with Gasteiger partial charge in [-0.3, -0.25) is 14.2 Å². The van der Waals surface area contributed by atoms with Gasteiger partial charge in [0, 0.05) is 44.2 Å². The van der Waals surface area contributed by atoms with E-state index < -0.39 is 0 Å². The quantitative estimate of drug-likeness (QED) is 0.577. The van der Waals surface area contributed by atoms with Crippen LogP contribution < -0.4 is 10.9 Å². The number of aromatic nitrogens is 2. The molecule has 2 heterocycles. The molecule has 0 saturated carbocycles. The molecular weight excluding hydrogens is 302 g/mol. The van der Waals surface area contributed by atoms with Gasteiger partial charge in [0.25, 0.3) is 5.56 Å². The van der Waals surface area contributed by atoms with Gasteiger partial charge in [-0.1, -0.05) is 25.1 Å².